The van der Waals surface area contributed by atoms with Crippen molar-refractivity contribution >= 4 is 27.5 Å². The Labute approximate surface area is 201 Å². The highest BCUT2D eigenvalue weighted by Crippen LogP contribution is 2.64. The van der Waals surface area contributed by atoms with Crippen molar-refractivity contribution in [3.8, 4) is 0 Å². The topological polar surface area (TPSA) is 95.5 Å². The van der Waals surface area contributed by atoms with Crippen molar-refractivity contribution in [2.75, 3.05) is 5.32 Å². The van der Waals surface area contributed by atoms with Crippen molar-refractivity contribution in [2.24, 2.45) is 17.3 Å². The molecule has 2 unspecified atom stereocenters. The fourth-order valence-corrected chi connectivity index (χ4v) is 7.39. The van der Waals surface area contributed by atoms with Crippen LogP contribution in [0.15, 0.2) is 29.7 Å². The van der Waals surface area contributed by atoms with Crippen LogP contribution in [0.3, 0.4) is 0 Å². The van der Waals surface area contributed by atoms with Gasteiger partial charge >= 0.3 is 0 Å². The molecule has 0 aromatic carbocycles. The summed E-state index contributed by atoms with van der Waals surface area (Å²) in [7, 11) is 0. The predicted octanol–water partition coefficient (Wildman–Crippen LogP) is 3.74. The third-order valence-electron chi connectivity index (χ3n) is 8.19. The molecule has 3 aromatic heterocycles. The summed E-state index contributed by atoms with van der Waals surface area (Å²) in [5.74, 6) is 1.27. The number of aromatic nitrogens is 7. The van der Waals surface area contributed by atoms with Gasteiger partial charge < -0.3 is 5.32 Å². The molecule has 0 saturated heterocycles. The number of carbonyl (C=O) groups excluding carboxylic acids is 1. The first-order valence-electron chi connectivity index (χ1n) is 11.8. The molecular weight excluding hydrogens is 484 g/mol. The highest BCUT2D eigenvalue weighted by molar-refractivity contribution is 9.10. The van der Waals surface area contributed by atoms with Gasteiger partial charge in [-0.15, -0.1) is 5.10 Å². The fourth-order valence-electron chi connectivity index (χ4n) is 7.13. The van der Waals surface area contributed by atoms with Gasteiger partial charge in [0.1, 0.15) is 6.33 Å². The maximum Gasteiger partial charge on any atom is 0.230 e. The van der Waals surface area contributed by atoms with Crippen LogP contribution in [0.25, 0.3) is 0 Å². The molecule has 10 heteroatoms. The van der Waals surface area contributed by atoms with E-state index in [1.54, 1.807) is 6.20 Å². The number of anilines is 1. The predicted molar refractivity (Wildman–Crippen MR) is 125 cm³/mol. The van der Waals surface area contributed by atoms with Gasteiger partial charge in [-0.3, -0.25) is 14.2 Å². The van der Waals surface area contributed by atoms with Gasteiger partial charge in [0, 0.05) is 24.0 Å². The van der Waals surface area contributed by atoms with E-state index in [4.69, 9.17) is 0 Å². The number of hydrogen-bond donors (Lipinski definition) is 1. The fraction of sp³-hybridized carbons (Fsp3) is 0.609. The van der Waals surface area contributed by atoms with E-state index in [0.717, 1.165) is 55.6 Å². The number of amides is 1. The molecule has 1 N–H and O–H groups in total. The Hall–Kier alpha value is -2.49. The molecule has 9 nitrogen and oxygen atoms in total. The summed E-state index contributed by atoms with van der Waals surface area (Å²) >= 11 is 3.40. The Balaban J connectivity index is 1.21. The van der Waals surface area contributed by atoms with Gasteiger partial charge in [0.25, 0.3) is 0 Å². The molecule has 4 fully saturated rings. The lowest BCUT2D eigenvalue weighted by Crippen LogP contribution is -2.60. The summed E-state index contributed by atoms with van der Waals surface area (Å²) in [4.78, 5) is 18.0. The van der Waals surface area contributed by atoms with E-state index in [1.807, 2.05) is 32.8 Å². The summed E-state index contributed by atoms with van der Waals surface area (Å²) in [6.45, 7) is 5.65. The van der Waals surface area contributed by atoms with E-state index in [1.165, 1.54) is 6.42 Å². The first kappa shape index (κ1) is 21.1. The van der Waals surface area contributed by atoms with E-state index < -0.39 is 0 Å². The molecule has 4 aliphatic rings. The minimum Gasteiger partial charge on any atom is -0.323 e. The third kappa shape index (κ3) is 3.45. The monoisotopic (exact) mass is 512 g/mol. The van der Waals surface area contributed by atoms with Crippen molar-refractivity contribution in [3.63, 3.8) is 0 Å². The second-order valence-electron chi connectivity index (χ2n) is 10.4. The minimum absolute atomic E-state index is 0.0956. The molecule has 2 atom stereocenters. The highest BCUT2D eigenvalue weighted by atomic mass is 79.9. The summed E-state index contributed by atoms with van der Waals surface area (Å²) < 4.78 is 6.50. The molecule has 33 heavy (non-hydrogen) atoms. The van der Waals surface area contributed by atoms with Crippen molar-refractivity contribution in [3.05, 3.63) is 40.9 Å². The van der Waals surface area contributed by atoms with Crippen LogP contribution in [-0.2, 0) is 23.4 Å². The molecule has 0 spiro atoms. The first-order chi connectivity index (χ1) is 15.9. The van der Waals surface area contributed by atoms with E-state index in [0.29, 0.717) is 23.1 Å². The number of hydrogen-bond acceptors (Lipinski definition) is 5. The van der Waals surface area contributed by atoms with E-state index in [2.05, 4.69) is 55.4 Å². The second kappa shape index (κ2) is 7.51. The van der Waals surface area contributed by atoms with Crippen LogP contribution >= 0.6 is 15.9 Å². The number of aryl methyl sites for hydroxylation is 1. The Bertz CT molecular complexity index is 1190. The lowest BCUT2D eigenvalue weighted by molar-refractivity contribution is -0.150. The molecule has 4 bridgehead atoms. The molecule has 3 aromatic rings. The lowest BCUT2D eigenvalue weighted by Gasteiger charge is -2.60. The maximum absolute atomic E-state index is 13.7. The molecular formula is C23H29BrN8O. The average Bonchev–Trinajstić information content (AvgIpc) is 3.49. The average molecular weight is 513 g/mol. The standard InChI is InChI=1S/C23H29BrN8O/c1-3-31-15(2)18(9-27-31)11-30-12-19(10-26-30)28-20(33)22-5-16-4-17(6-22)8-23(7-16,13-22)32-14-25-21(24)29-32/h9-10,12,14,16-17H,3-8,11,13H2,1-2H3,(H,28,33). The van der Waals surface area contributed by atoms with Crippen molar-refractivity contribution in [1.29, 1.82) is 0 Å². The number of nitrogens with zero attached hydrogens (tertiary/aromatic N) is 7. The second-order valence-corrected chi connectivity index (χ2v) is 11.1. The van der Waals surface area contributed by atoms with E-state index in [-0.39, 0.29) is 16.9 Å². The Morgan fingerprint density at radius 3 is 2.67 bits per heavy atom. The van der Waals surface area contributed by atoms with Crippen LogP contribution in [0, 0.1) is 24.2 Å². The zero-order valence-corrected chi connectivity index (χ0v) is 20.6. The normalized spacial score (nSPS) is 30.2. The van der Waals surface area contributed by atoms with Crippen LogP contribution in [0.5, 0.6) is 0 Å². The van der Waals surface area contributed by atoms with Gasteiger partial charge in [0.2, 0.25) is 10.6 Å². The van der Waals surface area contributed by atoms with Crippen LogP contribution in [0.4, 0.5) is 5.69 Å². The quantitative estimate of drug-likeness (QED) is 0.542. The van der Waals surface area contributed by atoms with Crippen molar-refractivity contribution in [1.82, 2.24) is 34.3 Å². The number of halogens is 1. The first-order valence-corrected chi connectivity index (χ1v) is 12.6. The molecule has 4 aliphatic carbocycles. The van der Waals surface area contributed by atoms with Crippen molar-refractivity contribution in [2.45, 2.75) is 71.0 Å². The van der Waals surface area contributed by atoms with E-state index >= 15 is 0 Å². The SMILES string of the molecule is CCn1ncc(Cn2cc(NC(=O)C34CC5CC(C3)CC(n3cnc(Br)n3)(C5)C4)cn2)c1C. The summed E-state index contributed by atoms with van der Waals surface area (Å²) in [5, 5.41) is 16.7. The smallest absolute Gasteiger partial charge is 0.230 e. The van der Waals surface area contributed by atoms with Gasteiger partial charge in [-0.1, -0.05) is 0 Å². The van der Waals surface area contributed by atoms with Crippen molar-refractivity contribution < 1.29 is 4.79 Å². The lowest BCUT2D eigenvalue weighted by atomic mass is 9.46. The Kier molecular flexibility index (Phi) is 4.80. The molecule has 7 rings (SSSR count). The molecule has 174 valence electrons. The summed E-state index contributed by atoms with van der Waals surface area (Å²) in [6.07, 6.45) is 13.6. The summed E-state index contributed by atoms with van der Waals surface area (Å²) in [5.41, 5.74) is 2.61. The van der Waals surface area contributed by atoms with Crippen LogP contribution in [0.2, 0.25) is 0 Å². The molecule has 3 heterocycles. The summed E-state index contributed by atoms with van der Waals surface area (Å²) in [6, 6.07) is 0. The zero-order valence-electron chi connectivity index (χ0n) is 19.0. The highest BCUT2D eigenvalue weighted by Gasteiger charge is 2.61. The van der Waals surface area contributed by atoms with E-state index in [9.17, 15) is 4.79 Å². The van der Waals surface area contributed by atoms with Crippen LogP contribution in [0.1, 0.15) is 56.7 Å². The number of nitrogens with one attached hydrogen (secondary N) is 1. The van der Waals surface area contributed by atoms with Crippen LogP contribution < -0.4 is 5.32 Å². The molecule has 0 aliphatic heterocycles. The van der Waals surface area contributed by atoms with Gasteiger partial charge in [-0.2, -0.15) is 10.2 Å². The van der Waals surface area contributed by atoms with Gasteiger partial charge in [-0.25, -0.2) is 9.67 Å². The molecule has 1 amide bonds. The minimum atomic E-state index is -0.344. The Morgan fingerprint density at radius 2 is 2.00 bits per heavy atom. The van der Waals surface area contributed by atoms with Gasteiger partial charge in [0.15, 0.2) is 0 Å². The zero-order chi connectivity index (χ0) is 22.8. The molecule has 4 saturated carbocycles. The largest absolute Gasteiger partial charge is 0.323 e. The van der Waals surface area contributed by atoms with Gasteiger partial charge in [-0.05, 0) is 80.1 Å². The Morgan fingerprint density at radius 1 is 1.21 bits per heavy atom. The maximum atomic E-state index is 13.7. The van der Waals surface area contributed by atoms with Crippen LogP contribution in [-0.4, -0.2) is 40.2 Å². The third-order valence-corrected chi connectivity index (χ3v) is 8.55. The van der Waals surface area contributed by atoms with Gasteiger partial charge in [0.05, 0.1) is 35.6 Å². The number of rotatable bonds is 6. The number of carbonyl (C=O) groups is 1. The molecule has 0 radical (unpaired) electrons.